The molecule has 0 bridgehead atoms. The van der Waals surface area contributed by atoms with Crippen LogP contribution in [0.25, 0.3) is 0 Å². The average molecular weight is 363 g/mol. The van der Waals surface area contributed by atoms with Gasteiger partial charge in [-0.15, -0.1) is 0 Å². The van der Waals surface area contributed by atoms with Crippen molar-refractivity contribution in [2.75, 3.05) is 0 Å². The second-order valence-electron chi connectivity index (χ2n) is 3.64. The van der Waals surface area contributed by atoms with Gasteiger partial charge in [-0.05, 0) is 53.8 Å². The van der Waals surface area contributed by atoms with Crippen LogP contribution in [0.3, 0.4) is 0 Å². The van der Waals surface area contributed by atoms with Crippen LogP contribution < -0.4 is 0 Å². The number of nitrogens with zero attached hydrogens (tertiary/aromatic N) is 2. The number of rotatable bonds is 3. The smallest absolute Gasteiger partial charge is 0.122 e. The van der Waals surface area contributed by atoms with Gasteiger partial charge in [0.2, 0.25) is 0 Å². The van der Waals surface area contributed by atoms with Crippen LogP contribution in [-0.2, 0) is 6.54 Å². The van der Waals surface area contributed by atoms with Crippen LogP contribution in [0.15, 0.2) is 30.5 Å². The van der Waals surface area contributed by atoms with E-state index in [4.69, 9.17) is 11.6 Å². The summed E-state index contributed by atoms with van der Waals surface area (Å²) < 4.78 is 2.77. The quantitative estimate of drug-likeness (QED) is 0.851. The van der Waals surface area contributed by atoms with Crippen molar-refractivity contribution in [3.8, 4) is 0 Å². The highest BCUT2D eigenvalue weighted by Crippen LogP contribution is 2.28. The van der Waals surface area contributed by atoms with Gasteiger partial charge in [-0.3, -0.25) is 4.68 Å². The Bertz CT molecular complexity index is 527. The lowest BCUT2D eigenvalue weighted by molar-refractivity contribution is 0.207. The van der Waals surface area contributed by atoms with Crippen LogP contribution in [0.2, 0.25) is 5.02 Å². The molecule has 1 N–H and O–H groups in total. The van der Waals surface area contributed by atoms with E-state index in [0.29, 0.717) is 5.02 Å². The maximum atomic E-state index is 10.4. The van der Waals surface area contributed by atoms with Gasteiger partial charge >= 0.3 is 0 Å². The second kappa shape index (κ2) is 5.37. The van der Waals surface area contributed by atoms with E-state index in [1.165, 1.54) is 0 Å². The number of aromatic nitrogens is 2. The second-order valence-corrected chi connectivity index (χ2v) is 5.24. The lowest BCUT2D eigenvalue weighted by Crippen LogP contribution is -2.10. The summed E-state index contributed by atoms with van der Waals surface area (Å²) in [6.07, 6.45) is 1.00. The van der Waals surface area contributed by atoms with E-state index in [0.717, 1.165) is 21.4 Å². The number of halogens is 2. The molecule has 0 radical (unpaired) electrons. The lowest BCUT2D eigenvalue weighted by Gasteiger charge is -2.14. The van der Waals surface area contributed by atoms with Crippen molar-refractivity contribution in [2.45, 2.75) is 19.6 Å². The maximum Gasteiger partial charge on any atom is 0.122 e. The molecule has 0 aliphatic heterocycles. The van der Waals surface area contributed by atoms with Crippen molar-refractivity contribution < 1.29 is 5.11 Å². The molecule has 0 saturated carbocycles. The number of aliphatic hydroxyl groups is 1. The van der Waals surface area contributed by atoms with E-state index in [-0.39, 0.29) is 0 Å². The van der Waals surface area contributed by atoms with Gasteiger partial charge in [0.15, 0.2) is 0 Å². The molecular weight excluding hydrogens is 351 g/mol. The van der Waals surface area contributed by atoms with Crippen LogP contribution in [0, 0.1) is 3.57 Å². The fourth-order valence-electron chi connectivity index (χ4n) is 1.72. The fourth-order valence-corrected chi connectivity index (χ4v) is 2.53. The van der Waals surface area contributed by atoms with E-state index in [2.05, 4.69) is 27.7 Å². The van der Waals surface area contributed by atoms with Crippen LogP contribution in [-0.4, -0.2) is 14.9 Å². The molecule has 1 aromatic heterocycles. The summed E-state index contributed by atoms with van der Waals surface area (Å²) >= 11 is 8.15. The van der Waals surface area contributed by atoms with E-state index < -0.39 is 6.10 Å². The van der Waals surface area contributed by atoms with Gasteiger partial charge in [0.1, 0.15) is 6.10 Å². The van der Waals surface area contributed by atoms with E-state index in [1.807, 2.05) is 25.1 Å². The van der Waals surface area contributed by atoms with Crippen molar-refractivity contribution in [1.82, 2.24) is 9.78 Å². The van der Waals surface area contributed by atoms with Gasteiger partial charge in [-0.1, -0.05) is 11.6 Å². The number of hydrogen-bond acceptors (Lipinski definition) is 2. The summed E-state index contributed by atoms with van der Waals surface area (Å²) in [6.45, 7) is 2.72. The van der Waals surface area contributed by atoms with Crippen LogP contribution in [0.4, 0.5) is 0 Å². The third-order valence-corrected chi connectivity index (χ3v) is 3.80. The Kier molecular flexibility index (Phi) is 4.06. The monoisotopic (exact) mass is 362 g/mol. The highest BCUT2D eigenvalue weighted by Gasteiger charge is 2.17. The van der Waals surface area contributed by atoms with E-state index in [1.54, 1.807) is 16.9 Å². The molecule has 2 aromatic rings. The van der Waals surface area contributed by atoms with Crippen molar-refractivity contribution in [3.05, 3.63) is 50.3 Å². The average Bonchev–Trinajstić information content (AvgIpc) is 2.79. The first-order valence-corrected chi connectivity index (χ1v) is 6.74. The minimum Gasteiger partial charge on any atom is -0.382 e. The molecule has 90 valence electrons. The summed E-state index contributed by atoms with van der Waals surface area (Å²) in [5.41, 5.74) is 1.60. The summed E-state index contributed by atoms with van der Waals surface area (Å²) in [5.74, 6) is 0. The van der Waals surface area contributed by atoms with Crippen molar-refractivity contribution >= 4 is 34.2 Å². The third-order valence-electron chi connectivity index (χ3n) is 2.58. The van der Waals surface area contributed by atoms with Crippen molar-refractivity contribution in [2.24, 2.45) is 0 Å². The molecular formula is C12H12ClIN2O. The zero-order chi connectivity index (χ0) is 12.4. The first-order valence-electron chi connectivity index (χ1n) is 5.28. The summed E-state index contributed by atoms with van der Waals surface area (Å²) in [5, 5.41) is 15.2. The predicted molar refractivity (Wildman–Crippen MR) is 76.1 cm³/mol. The highest BCUT2D eigenvalue weighted by molar-refractivity contribution is 14.1. The zero-order valence-electron chi connectivity index (χ0n) is 9.27. The summed E-state index contributed by atoms with van der Waals surface area (Å²) in [7, 11) is 0. The molecule has 0 amide bonds. The van der Waals surface area contributed by atoms with Gasteiger partial charge in [0.05, 0.1) is 5.69 Å². The molecule has 1 aromatic carbocycles. The molecule has 0 fully saturated rings. The maximum absolute atomic E-state index is 10.4. The molecule has 2 rings (SSSR count). The van der Waals surface area contributed by atoms with Gasteiger partial charge in [-0.2, -0.15) is 5.10 Å². The van der Waals surface area contributed by atoms with Crippen molar-refractivity contribution in [1.29, 1.82) is 0 Å². The Labute approximate surface area is 119 Å². The van der Waals surface area contributed by atoms with Gasteiger partial charge < -0.3 is 5.11 Å². The Morgan fingerprint density at radius 1 is 1.47 bits per heavy atom. The predicted octanol–water partition coefficient (Wildman–Crippen LogP) is 3.24. The first kappa shape index (κ1) is 12.9. The zero-order valence-corrected chi connectivity index (χ0v) is 12.2. The van der Waals surface area contributed by atoms with E-state index in [9.17, 15) is 5.11 Å². The minimum absolute atomic E-state index is 0.627. The number of aliphatic hydroxyl groups excluding tert-OH is 1. The Hall–Kier alpha value is -0.590. The standard InChI is InChI=1S/C12H12ClIN2O/c1-2-16-11(5-6-15-16)12(17)9-7-8(13)3-4-10(9)14/h3-7,12,17H,2H2,1H3. The normalized spacial score (nSPS) is 12.7. The molecule has 3 nitrogen and oxygen atoms in total. The largest absolute Gasteiger partial charge is 0.382 e. The van der Waals surface area contributed by atoms with E-state index >= 15 is 0 Å². The van der Waals surface area contributed by atoms with Crippen LogP contribution in [0.5, 0.6) is 0 Å². The third kappa shape index (κ3) is 2.64. The Morgan fingerprint density at radius 3 is 2.94 bits per heavy atom. The van der Waals surface area contributed by atoms with Gasteiger partial charge in [0, 0.05) is 26.9 Å². The van der Waals surface area contributed by atoms with Gasteiger partial charge in [-0.25, -0.2) is 0 Å². The number of hydrogen-bond donors (Lipinski definition) is 1. The SMILES string of the molecule is CCn1nccc1C(O)c1cc(Cl)ccc1I. The van der Waals surface area contributed by atoms with Crippen LogP contribution >= 0.6 is 34.2 Å². The highest BCUT2D eigenvalue weighted by atomic mass is 127. The molecule has 1 atom stereocenters. The number of benzene rings is 1. The Balaban J connectivity index is 2.43. The lowest BCUT2D eigenvalue weighted by atomic mass is 10.1. The van der Waals surface area contributed by atoms with Crippen LogP contribution in [0.1, 0.15) is 24.3 Å². The minimum atomic E-state index is -0.692. The Morgan fingerprint density at radius 2 is 2.24 bits per heavy atom. The summed E-state index contributed by atoms with van der Waals surface area (Å²) in [6, 6.07) is 7.33. The van der Waals surface area contributed by atoms with Crippen molar-refractivity contribution in [3.63, 3.8) is 0 Å². The first-order chi connectivity index (χ1) is 8.13. The number of aryl methyl sites for hydroxylation is 1. The molecule has 0 aliphatic carbocycles. The fraction of sp³-hybridized carbons (Fsp3) is 0.250. The van der Waals surface area contributed by atoms with Gasteiger partial charge in [0.25, 0.3) is 0 Å². The molecule has 0 saturated heterocycles. The molecule has 0 spiro atoms. The summed E-state index contributed by atoms with van der Waals surface area (Å²) in [4.78, 5) is 0. The molecule has 1 unspecified atom stereocenters. The molecule has 1 heterocycles. The topological polar surface area (TPSA) is 38.0 Å². The molecule has 5 heteroatoms. The molecule has 17 heavy (non-hydrogen) atoms. The molecule has 0 aliphatic rings.